The van der Waals surface area contributed by atoms with E-state index in [0.29, 0.717) is 0 Å². The summed E-state index contributed by atoms with van der Waals surface area (Å²) in [4.78, 5) is 28.0. The van der Waals surface area contributed by atoms with Crippen molar-refractivity contribution in [2.75, 3.05) is 5.75 Å². The lowest BCUT2D eigenvalue weighted by molar-refractivity contribution is -0.141. The van der Waals surface area contributed by atoms with E-state index < -0.39 is 23.5 Å². The predicted molar refractivity (Wildman–Crippen MR) is 78.2 cm³/mol. The number of carboxylic acid groups (broad SMARTS) is 2. The molecule has 2 N–H and O–H groups in total. The molecule has 1 aliphatic heterocycles. The van der Waals surface area contributed by atoms with Gasteiger partial charge in [-0.05, 0) is 17.7 Å². The lowest BCUT2D eigenvalue weighted by Crippen LogP contribution is -2.42. The Morgan fingerprint density at radius 1 is 1.24 bits per heavy atom. The Balaban J connectivity index is 2.10. The Bertz CT molecular complexity index is 716. The van der Waals surface area contributed by atoms with Crippen LogP contribution in [0.15, 0.2) is 36.5 Å². The summed E-state index contributed by atoms with van der Waals surface area (Å²) in [7, 11) is 0. The quantitative estimate of drug-likeness (QED) is 0.885. The van der Waals surface area contributed by atoms with Crippen LogP contribution in [0.3, 0.4) is 0 Å². The molecule has 1 aromatic carbocycles. The molecule has 7 heteroatoms. The number of benzene rings is 1. The molecule has 6 nitrogen and oxygen atoms in total. The number of hydrogen-bond donors (Lipinski definition) is 2. The zero-order valence-electron chi connectivity index (χ0n) is 10.8. The van der Waals surface area contributed by atoms with E-state index in [-0.39, 0.29) is 5.75 Å². The van der Waals surface area contributed by atoms with Gasteiger partial charge < -0.3 is 10.2 Å². The number of rotatable bonds is 2. The van der Waals surface area contributed by atoms with Gasteiger partial charge in [0.2, 0.25) is 0 Å². The molecule has 1 aromatic heterocycles. The van der Waals surface area contributed by atoms with Gasteiger partial charge in [0, 0.05) is 17.3 Å². The average molecular weight is 304 g/mol. The maximum atomic E-state index is 11.5. The van der Waals surface area contributed by atoms with Crippen LogP contribution in [0.5, 0.6) is 0 Å². The predicted octanol–water partition coefficient (Wildman–Crippen LogP) is 2.41. The van der Waals surface area contributed by atoms with Crippen LogP contribution < -0.4 is 0 Å². The SMILES string of the molecule is O=C(O)C1CS[C@H](c2ccnc3ccccc23)N1C(=O)O. The summed E-state index contributed by atoms with van der Waals surface area (Å²) >= 11 is 1.32. The van der Waals surface area contributed by atoms with E-state index >= 15 is 0 Å². The molecule has 1 saturated heterocycles. The van der Waals surface area contributed by atoms with Crippen LogP contribution in [0.25, 0.3) is 10.9 Å². The number of pyridine rings is 1. The second-order valence-corrected chi connectivity index (χ2v) is 5.76. The highest BCUT2D eigenvalue weighted by Gasteiger charge is 2.43. The monoisotopic (exact) mass is 304 g/mol. The highest BCUT2D eigenvalue weighted by atomic mass is 32.2. The molecule has 2 heterocycles. The number of nitrogens with zero attached hydrogens (tertiary/aromatic N) is 2. The number of thioether (sulfide) groups is 1. The fraction of sp³-hybridized carbons (Fsp3) is 0.214. The first-order chi connectivity index (χ1) is 10.1. The van der Waals surface area contributed by atoms with Gasteiger partial charge in [-0.2, -0.15) is 0 Å². The van der Waals surface area contributed by atoms with Gasteiger partial charge >= 0.3 is 12.1 Å². The molecule has 2 atom stereocenters. The van der Waals surface area contributed by atoms with Crippen molar-refractivity contribution in [1.29, 1.82) is 0 Å². The van der Waals surface area contributed by atoms with Crippen molar-refractivity contribution in [3.8, 4) is 0 Å². The van der Waals surface area contributed by atoms with Gasteiger partial charge in [0.15, 0.2) is 0 Å². The number of fused-ring (bicyclic) bond motifs is 1. The van der Waals surface area contributed by atoms with Crippen molar-refractivity contribution in [3.63, 3.8) is 0 Å². The normalized spacial score (nSPS) is 21.6. The number of carbonyl (C=O) groups is 2. The molecular formula is C14H12N2O4S. The maximum Gasteiger partial charge on any atom is 0.409 e. The van der Waals surface area contributed by atoms with Crippen LogP contribution in [0.4, 0.5) is 4.79 Å². The standard InChI is InChI=1S/C14H12N2O4S/c17-13(18)11-7-21-12(16(11)14(19)20)9-5-6-15-10-4-2-1-3-8(9)10/h1-6,11-12H,7H2,(H,17,18)(H,19,20)/t11?,12-/m1/s1. The third-order valence-corrected chi connectivity index (χ3v) is 4.76. The van der Waals surface area contributed by atoms with Gasteiger partial charge in [-0.25, -0.2) is 9.59 Å². The summed E-state index contributed by atoms with van der Waals surface area (Å²) in [6.45, 7) is 0. The van der Waals surface area contributed by atoms with E-state index in [1.807, 2.05) is 24.3 Å². The Kier molecular flexibility index (Phi) is 3.42. The van der Waals surface area contributed by atoms with Crippen LogP contribution in [-0.4, -0.2) is 44.0 Å². The molecule has 2 aromatic rings. The smallest absolute Gasteiger partial charge is 0.409 e. The number of carboxylic acids is 1. The van der Waals surface area contributed by atoms with Crippen LogP contribution in [0, 0.1) is 0 Å². The average Bonchev–Trinajstić information content (AvgIpc) is 2.91. The Labute approximate surface area is 124 Å². The number of hydrogen-bond acceptors (Lipinski definition) is 4. The van der Waals surface area contributed by atoms with Crippen molar-refractivity contribution in [3.05, 3.63) is 42.1 Å². The van der Waals surface area contributed by atoms with Gasteiger partial charge in [0.1, 0.15) is 11.4 Å². The molecule has 108 valence electrons. The summed E-state index contributed by atoms with van der Waals surface area (Å²) in [5.41, 5.74) is 1.54. The fourth-order valence-corrected chi connectivity index (χ4v) is 3.95. The van der Waals surface area contributed by atoms with Gasteiger partial charge in [-0.3, -0.25) is 9.88 Å². The zero-order valence-corrected chi connectivity index (χ0v) is 11.7. The summed E-state index contributed by atoms with van der Waals surface area (Å²) in [6.07, 6.45) is 0.394. The molecule has 0 saturated carbocycles. The van der Waals surface area contributed by atoms with E-state index in [2.05, 4.69) is 4.98 Å². The molecule has 0 radical (unpaired) electrons. The minimum Gasteiger partial charge on any atom is -0.480 e. The van der Waals surface area contributed by atoms with Crippen LogP contribution in [0.1, 0.15) is 10.9 Å². The molecule has 1 aliphatic rings. The fourth-order valence-electron chi connectivity index (χ4n) is 2.50. The minimum absolute atomic E-state index is 0.239. The molecule has 3 rings (SSSR count). The third-order valence-electron chi connectivity index (χ3n) is 3.46. The lowest BCUT2D eigenvalue weighted by atomic mass is 10.1. The van der Waals surface area contributed by atoms with Gasteiger partial charge in [0.05, 0.1) is 5.52 Å². The second-order valence-electron chi connectivity index (χ2n) is 4.65. The molecule has 0 bridgehead atoms. The Morgan fingerprint density at radius 2 is 2.00 bits per heavy atom. The number of aromatic nitrogens is 1. The molecular weight excluding hydrogens is 292 g/mol. The topological polar surface area (TPSA) is 90.7 Å². The van der Waals surface area contributed by atoms with E-state index in [4.69, 9.17) is 0 Å². The first kappa shape index (κ1) is 13.7. The van der Waals surface area contributed by atoms with Crippen LogP contribution in [-0.2, 0) is 4.79 Å². The molecule has 1 unspecified atom stereocenters. The lowest BCUT2D eigenvalue weighted by Gasteiger charge is -2.25. The third kappa shape index (κ3) is 2.29. The van der Waals surface area contributed by atoms with Gasteiger partial charge in [-0.1, -0.05) is 18.2 Å². The second kappa shape index (κ2) is 5.25. The van der Waals surface area contributed by atoms with Crippen molar-refractivity contribution in [2.24, 2.45) is 0 Å². The highest BCUT2D eigenvalue weighted by molar-refractivity contribution is 7.99. The van der Waals surface area contributed by atoms with E-state index in [0.717, 1.165) is 21.4 Å². The van der Waals surface area contributed by atoms with Crippen molar-refractivity contribution >= 4 is 34.7 Å². The van der Waals surface area contributed by atoms with Gasteiger partial charge in [-0.15, -0.1) is 11.8 Å². The highest BCUT2D eigenvalue weighted by Crippen LogP contribution is 2.43. The summed E-state index contributed by atoms with van der Waals surface area (Å²) in [5.74, 6) is -0.881. The summed E-state index contributed by atoms with van der Waals surface area (Å²) < 4.78 is 0. The first-order valence-electron chi connectivity index (χ1n) is 6.29. The van der Waals surface area contributed by atoms with E-state index in [1.165, 1.54) is 11.8 Å². The van der Waals surface area contributed by atoms with Crippen LogP contribution >= 0.6 is 11.8 Å². The number of amides is 1. The maximum absolute atomic E-state index is 11.5. The molecule has 0 aliphatic carbocycles. The van der Waals surface area contributed by atoms with Crippen LogP contribution in [0.2, 0.25) is 0 Å². The van der Waals surface area contributed by atoms with Crippen molar-refractivity contribution < 1.29 is 19.8 Å². The minimum atomic E-state index is -1.22. The first-order valence-corrected chi connectivity index (χ1v) is 7.34. The van der Waals surface area contributed by atoms with Gasteiger partial charge in [0.25, 0.3) is 0 Å². The molecule has 0 spiro atoms. The van der Waals surface area contributed by atoms with E-state index in [1.54, 1.807) is 12.3 Å². The molecule has 1 fully saturated rings. The Hall–Kier alpha value is -2.28. The largest absolute Gasteiger partial charge is 0.480 e. The molecule has 1 amide bonds. The summed E-state index contributed by atoms with van der Waals surface area (Å²) in [6, 6.07) is 8.15. The molecule has 21 heavy (non-hydrogen) atoms. The zero-order chi connectivity index (χ0) is 15.0. The summed E-state index contributed by atoms with van der Waals surface area (Å²) in [5, 5.41) is 18.9. The number of aliphatic carboxylic acids is 1. The number of para-hydroxylation sites is 1. The Morgan fingerprint density at radius 3 is 2.71 bits per heavy atom. The van der Waals surface area contributed by atoms with E-state index in [9.17, 15) is 19.8 Å². The van der Waals surface area contributed by atoms with Crippen molar-refractivity contribution in [1.82, 2.24) is 9.88 Å². The van der Waals surface area contributed by atoms with Crippen molar-refractivity contribution in [2.45, 2.75) is 11.4 Å².